The van der Waals surface area contributed by atoms with Gasteiger partial charge in [0.05, 0.1) is 0 Å². The molecule has 7 heteroatoms. The Labute approximate surface area is 145 Å². The Balaban J connectivity index is 1.39. The van der Waals surface area contributed by atoms with Crippen molar-refractivity contribution in [3.63, 3.8) is 0 Å². The largest absolute Gasteiger partial charge is 0.262 e. The van der Waals surface area contributed by atoms with Crippen LogP contribution in [0.25, 0.3) is 0 Å². The van der Waals surface area contributed by atoms with Crippen LogP contribution in [-0.4, -0.2) is 25.1 Å². The third-order valence-corrected chi connectivity index (χ3v) is 5.58. The first-order valence-electron chi connectivity index (χ1n) is 8.40. The highest BCUT2D eigenvalue weighted by Crippen LogP contribution is 2.39. The van der Waals surface area contributed by atoms with Gasteiger partial charge in [-0.1, -0.05) is 37.3 Å². The van der Waals surface area contributed by atoms with Crippen LogP contribution in [0.5, 0.6) is 0 Å². The zero-order valence-corrected chi connectivity index (χ0v) is 14.5. The zero-order valence-electron chi connectivity index (χ0n) is 13.0. The molecular formula is C16H20ClN5S. The number of hydrogen-bond donors (Lipinski definition) is 1. The van der Waals surface area contributed by atoms with Crippen molar-refractivity contribution in [3.05, 3.63) is 22.9 Å². The van der Waals surface area contributed by atoms with Crippen LogP contribution in [-0.2, 0) is 6.42 Å². The molecule has 1 N–H and O–H groups in total. The van der Waals surface area contributed by atoms with E-state index in [1.54, 1.807) is 6.07 Å². The lowest BCUT2D eigenvalue weighted by Crippen LogP contribution is -1.97. The molecule has 0 unspecified atom stereocenters. The Morgan fingerprint density at radius 2 is 1.96 bits per heavy atom. The highest BCUT2D eigenvalue weighted by Gasteiger charge is 2.27. The third kappa shape index (κ3) is 4.04. The van der Waals surface area contributed by atoms with Crippen molar-refractivity contribution in [2.75, 3.05) is 0 Å². The van der Waals surface area contributed by atoms with Crippen LogP contribution in [0.15, 0.2) is 16.2 Å². The van der Waals surface area contributed by atoms with Gasteiger partial charge in [0.15, 0.2) is 0 Å². The molecule has 122 valence electrons. The molecule has 2 aromatic rings. The van der Waals surface area contributed by atoms with E-state index in [2.05, 4.69) is 25.1 Å². The minimum absolute atomic E-state index is 0.488. The summed E-state index contributed by atoms with van der Waals surface area (Å²) in [5.74, 6) is 3.19. The maximum Gasteiger partial charge on any atom is 0.214 e. The Hall–Kier alpha value is -1.14. The average molecular weight is 350 g/mol. The topological polar surface area (TPSA) is 67.3 Å². The Morgan fingerprint density at radius 1 is 1.13 bits per heavy atom. The van der Waals surface area contributed by atoms with Crippen molar-refractivity contribution in [2.45, 2.75) is 67.5 Å². The predicted molar refractivity (Wildman–Crippen MR) is 89.8 cm³/mol. The molecule has 5 nitrogen and oxygen atoms in total. The summed E-state index contributed by atoms with van der Waals surface area (Å²) >= 11 is 7.55. The normalized spacial score (nSPS) is 18.7. The highest BCUT2D eigenvalue weighted by atomic mass is 35.5. The van der Waals surface area contributed by atoms with E-state index in [4.69, 9.17) is 11.6 Å². The van der Waals surface area contributed by atoms with Crippen molar-refractivity contribution < 1.29 is 0 Å². The molecule has 2 saturated carbocycles. The SMILES string of the molecule is Clc1cc(Sc2n[nH]c(CCC3CCCC3)n2)nc(C2CC2)n1. The quantitative estimate of drug-likeness (QED) is 0.783. The molecular weight excluding hydrogens is 330 g/mol. The van der Waals surface area contributed by atoms with Gasteiger partial charge in [-0.2, -0.15) is 0 Å². The minimum atomic E-state index is 0.488. The molecule has 2 aromatic heterocycles. The molecule has 0 radical (unpaired) electrons. The summed E-state index contributed by atoms with van der Waals surface area (Å²) in [6.07, 6.45) is 10.0. The lowest BCUT2D eigenvalue weighted by molar-refractivity contribution is 0.497. The van der Waals surface area contributed by atoms with E-state index < -0.39 is 0 Å². The van der Waals surface area contributed by atoms with Crippen molar-refractivity contribution in [1.82, 2.24) is 25.1 Å². The molecule has 2 aliphatic carbocycles. The molecule has 4 rings (SSSR count). The van der Waals surface area contributed by atoms with Crippen LogP contribution in [0, 0.1) is 5.92 Å². The summed E-state index contributed by atoms with van der Waals surface area (Å²) in [6.45, 7) is 0. The molecule has 0 atom stereocenters. The van der Waals surface area contributed by atoms with Gasteiger partial charge in [0.2, 0.25) is 5.16 Å². The highest BCUT2D eigenvalue weighted by molar-refractivity contribution is 7.99. The van der Waals surface area contributed by atoms with Gasteiger partial charge < -0.3 is 0 Å². The van der Waals surface area contributed by atoms with Crippen LogP contribution in [0.4, 0.5) is 0 Å². The molecule has 0 saturated heterocycles. The van der Waals surface area contributed by atoms with E-state index in [0.29, 0.717) is 16.2 Å². The standard InChI is InChI=1S/C16H20ClN5S/c17-12-9-14(20-15(18-12)11-6-7-11)23-16-19-13(21-22-16)8-5-10-3-1-2-4-10/h9-11H,1-8H2,(H,19,21,22). The van der Waals surface area contributed by atoms with E-state index in [1.807, 2.05) is 0 Å². The predicted octanol–water partition coefficient (Wildman–Crippen LogP) is 4.40. The zero-order chi connectivity index (χ0) is 15.6. The third-order valence-electron chi connectivity index (χ3n) is 4.60. The first kappa shape index (κ1) is 15.4. The second-order valence-electron chi connectivity index (χ2n) is 6.52. The summed E-state index contributed by atoms with van der Waals surface area (Å²) in [5.41, 5.74) is 0. The van der Waals surface area contributed by atoms with E-state index in [1.165, 1.54) is 43.9 Å². The van der Waals surface area contributed by atoms with Gasteiger partial charge in [0.1, 0.15) is 21.8 Å². The van der Waals surface area contributed by atoms with Gasteiger partial charge in [-0.3, -0.25) is 5.10 Å². The maximum absolute atomic E-state index is 6.10. The van der Waals surface area contributed by atoms with E-state index in [0.717, 1.165) is 41.9 Å². The first-order chi connectivity index (χ1) is 11.3. The molecule has 2 aliphatic rings. The molecule has 0 aromatic carbocycles. The second kappa shape index (κ2) is 6.77. The number of hydrogen-bond acceptors (Lipinski definition) is 5. The van der Waals surface area contributed by atoms with Crippen LogP contribution in [0.3, 0.4) is 0 Å². The van der Waals surface area contributed by atoms with Crippen LogP contribution in [0.1, 0.15) is 62.5 Å². The molecule has 2 heterocycles. The number of rotatable bonds is 6. The Kier molecular flexibility index (Phi) is 4.53. The summed E-state index contributed by atoms with van der Waals surface area (Å²) in [5, 5.41) is 9.40. The lowest BCUT2D eigenvalue weighted by Gasteiger charge is -2.05. The Bertz CT molecular complexity index is 679. The summed E-state index contributed by atoms with van der Waals surface area (Å²) < 4.78 is 0. The molecule has 0 amide bonds. The fourth-order valence-corrected chi connectivity index (χ4v) is 4.16. The van der Waals surface area contributed by atoms with Crippen molar-refractivity contribution >= 4 is 23.4 Å². The first-order valence-corrected chi connectivity index (χ1v) is 9.59. The fourth-order valence-electron chi connectivity index (χ4n) is 3.16. The van der Waals surface area contributed by atoms with Gasteiger partial charge in [-0.25, -0.2) is 15.0 Å². The van der Waals surface area contributed by atoms with Gasteiger partial charge in [-0.15, -0.1) is 5.10 Å². The van der Waals surface area contributed by atoms with E-state index >= 15 is 0 Å². The van der Waals surface area contributed by atoms with Gasteiger partial charge in [0.25, 0.3) is 0 Å². The number of nitrogens with zero attached hydrogens (tertiary/aromatic N) is 4. The van der Waals surface area contributed by atoms with Crippen molar-refractivity contribution in [1.29, 1.82) is 0 Å². The Morgan fingerprint density at radius 3 is 2.74 bits per heavy atom. The molecule has 0 aliphatic heterocycles. The van der Waals surface area contributed by atoms with Gasteiger partial charge >= 0.3 is 0 Å². The van der Waals surface area contributed by atoms with Crippen molar-refractivity contribution in [3.8, 4) is 0 Å². The van der Waals surface area contributed by atoms with E-state index in [9.17, 15) is 0 Å². The molecule has 0 bridgehead atoms. The second-order valence-corrected chi connectivity index (χ2v) is 7.89. The van der Waals surface area contributed by atoms with Gasteiger partial charge in [0, 0.05) is 18.4 Å². The minimum Gasteiger partial charge on any atom is -0.262 e. The maximum atomic E-state index is 6.10. The number of aryl methyl sites for hydroxylation is 1. The number of nitrogens with one attached hydrogen (secondary N) is 1. The fraction of sp³-hybridized carbons (Fsp3) is 0.625. The smallest absolute Gasteiger partial charge is 0.214 e. The number of aromatic nitrogens is 5. The number of halogens is 1. The lowest BCUT2D eigenvalue weighted by atomic mass is 10.0. The summed E-state index contributed by atoms with van der Waals surface area (Å²) in [7, 11) is 0. The number of H-pyrrole nitrogens is 1. The van der Waals surface area contributed by atoms with Gasteiger partial charge in [-0.05, 0) is 36.9 Å². The van der Waals surface area contributed by atoms with Crippen molar-refractivity contribution in [2.24, 2.45) is 5.92 Å². The molecule has 2 fully saturated rings. The van der Waals surface area contributed by atoms with Crippen LogP contribution in [0.2, 0.25) is 5.15 Å². The summed E-state index contributed by atoms with van der Waals surface area (Å²) in [4.78, 5) is 13.5. The monoisotopic (exact) mass is 349 g/mol. The van der Waals surface area contributed by atoms with E-state index in [-0.39, 0.29) is 0 Å². The van der Waals surface area contributed by atoms with Crippen LogP contribution >= 0.6 is 23.4 Å². The molecule has 0 spiro atoms. The molecule has 23 heavy (non-hydrogen) atoms. The van der Waals surface area contributed by atoms with Crippen LogP contribution < -0.4 is 0 Å². The average Bonchev–Trinajstić information content (AvgIpc) is 3.07. The summed E-state index contributed by atoms with van der Waals surface area (Å²) in [6, 6.07) is 1.78. The number of aromatic amines is 1.